The van der Waals surface area contributed by atoms with Crippen molar-refractivity contribution in [2.24, 2.45) is 11.7 Å². The Morgan fingerprint density at radius 1 is 1.47 bits per heavy atom. The van der Waals surface area contributed by atoms with Crippen LogP contribution < -0.4 is 10.5 Å². The number of sulfonamides is 1. The van der Waals surface area contributed by atoms with Gasteiger partial charge in [-0.25, -0.2) is 13.1 Å². The summed E-state index contributed by atoms with van der Waals surface area (Å²) in [6, 6.07) is 0. The van der Waals surface area contributed by atoms with Crippen LogP contribution in [0.4, 0.5) is 0 Å². The zero-order valence-corrected chi connectivity index (χ0v) is 12.2. The van der Waals surface area contributed by atoms with Crippen LogP contribution in [-0.4, -0.2) is 38.4 Å². The zero-order valence-electron chi connectivity index (χ0n) is 11.3. The van der Waals surface area contributed by atoms with E-state index in [0.717, 1.165) is 6.42 Å². The van der Waals surface area contributed by atoms with Crippen LogP contribution in [0.5, 0.6) is 0 Å². The van der Waals surface area contributed by atoms with Crippen molar-refractivity contribution in [2.75, 3.05) is 19.8 Å². The maximum absolute atomic E-state index is 11.9. The van der Waals surface area contributed by atoms with Gasteiger partial charge in [0.15, 0.2) is 5.03 Å². The largest absolute Gasteiger partial charge is 0.380 e. The minimum atomic E-state index is -3.59. The molecular weight excluding hydrogens is 268 g/mol. The molecule has 1 rings (SSSR count). The maximum Gasteiger partial charge on any atom is 0.257 e. The van der Waals surface area contributed by atoms with E-state index in [1.165, 1.54) is 6.20 Å². The predicted octanol–water partition coefficient (Wildman–Crippen LogP) is 0.209. The molecule has 19 heavy (non-hydrogen) atoms. The molecule has 0 radical (unpaired) electrons. The van der Waals surface area contributed by atoms with Gasteiger partial charge in [-0.3, -0.25) is 5.10 Å². The summed E-state index contributed by atoms with van der Waals surface area (Å²) in [5.41, 5.74) is 5.90. The second-order valence-corrected chi connectivity index (χ2v) is 6.32. The number of nitrogens with one attached hydrogen (secondary N) is 2. The molecule has 7 nitrogen and oxygen atoms in total. The first kappa shape index (κ1) is 16.1. The Morgan fingerprint density at radius 3 is 2.84 bits per heavy atom. The zero-order chi connectivity index (χ0) is 14.3. The van der Waals surface area contributed by atoms with Crippen LogP contribution in [0, 0.1) is 5.92 Å². The summed E-state index contributed by atoms with van der Waals surface area (Å²) in [4.78, 5) is 0. The molecular formula is C11H22N4O3S. The first-order valence-corrected chi connectivity index (χ1v) is 7.75. The van der Waals surface area contributed by atoms with E-state index in [-0.39, 0.29) is 18.1 Å². The first-order valence-electron chi connectivity index (χ1n) is 6.27. The average molecular weight is 290 g/mol. The predicted molar refractivity (Wildman–Crippen MR) is 71.9 cm³/mol. The summed E-state index contributed by atoms with van der Waals surface area (Å²) in [7, 11) is -3.59. The van der Waals surface area contributed by atoms with Gasteiger partial charge in [0.25, 0.3) is 10.0 Å². The highest BCUT2D eigenvalue weighted by molar-refractivity contribution is 7.89. The molecule has 1 aromatic heterocycles. The molecule has 110 valence electrons. The minimum absolute atomic E-state index is 0.0252. The molecule has 0 aromatic carbocycles. The average Bonchev–Trinajstić information content (AvgIpc) is 2.82. The summed E-state index contributed by atoms with van der Waals surface area (Å²) in [6.45, 7) is 5.55. The lowest BCUT2D eigenvalue weighted by Gasteiger charge is -2.08. The number of nitrogens with two attached hydrogens (primary N) is 1. The van der Waals surface area contributed by atoms with Crippen molar-refractivity contribution in [1.82, 2.24) is 14.9 Å². The number of H-pyrrole nitrogens is 1. The van der Waals surface area contributed by atoms with Crippen LogP contribution in [0.25, 0.3) is 0 Å². The summed E-state index contributed by atoms with van der Waals surface area (Å²) in [5.74, 6) is 0.578. The van der Waals surface area contributed by atoms with Gasteiger partial charge in [-0.1, -0.05) is 13.8 Å². The number of hydrogen-bond donors (Lipinski definition) is 3. The molecule has 0 unspecified atom stereocenters. The van der Waals surface area contributed by atoms with Gasteiger partial charge in [0.1, 0.15) is 0 Å². The Bertz CT molecular complexity index is 470. The van der Waals surface area contributed by atoms with Crippen molar-refractivity contribution in [2.45, 2.75) is 31.8 Å². The number of aromatic amines is 1. The van der Waals surface area contributed by atoms with Gasteiger partial charge in [0.05, 0.1) is 12.8 Å². The molecule has 0 aliphatic heterocycles. The molecule has 0 fully saturated rings. The summed E-state index contributed by atoms with van der Waals surface area (Å²) < 4.78 is 31.6. The Balaban J connectivity index is 2.36. The molecule has 0 atom stereocenters. The monoisotopic (exact) mass is 290 g/mol. The van der Waals surface area contributed by atoms with E-state index < -0.39 is 10.0 Å². The topological polar surface area (TPSA) is 110 Å². The molecule has 0 spiro atoms. The number of nitrogens with zero attached hydrogens (tertiary/aromatic N) is 1. The summed E-state index contributed by atoms with van der Waals surface area (Å²) >= 11 is 0. The van der Waals surface area contributed by atoms with Crippen molar-refractivity contribution < 1.29 is 13.2 Å². The van der Waals surface area contributed by atoms with Crippen molar-refractivity contribution >= 4 is 10.0 Å². The molecule has 0 bridgehead atoms. The van der Waals surface area contributed by atoms with Gasteiger partial charge < -0.3 is 10.5 Å². The van der Waals surface area contributed by atoms with E-state index in [1.807, 2.05) is 0 Å². The van der Waals surface area contributed by atoms with Gasteiger partial charge in [-0.2, -0.15) is 5.10 Å². The van der Waals surface area contributed by atoms with Gasteiger partial charge >= 0.3 is 0 Å². The third kappa shape index (κ3) is 5.27. The fraction of sp³-hybridized carbons (Fsp3) is 0.727. The third-order valence-corrected chi connectivity index (χ3v) is 4.02. The Hall–Kier alpha value is -0.960. The van der Waals surface area contributed by atoms with E-state index in [2.05, 4.69) is 28.8 Å². The van der Waals surface area contributed by atoms with Gasteiger partial charge in [-0.15, -0.1) is 0 Å². The lowest BCUT2D eigenvalue weighted by Crippen LogP contribution is -2.29. The molecule has 0 aliphatic rings. The standard InChI is InChI=1S/C11H22N4O3S/c1-9(2)3-5-18-6-4-14-19(16,17)11-10(7-12)8-13-15-11/h8-9,14H,3-7,12H2,1-2H3,(H,13,15). The van der Waals surface area contributed by atoms with E-state index in [0.29, 0.717) is 24.7 Å². The van der Waals surface area contributed by atoms with Crippen LogP contribution in [0.15, 0.2) is 11.2 Å². The molecule has 8 heteroatoms. The lowest BCUT2D eigenvalue weighted by molar-refractivity contribution is 0.128. The highest BCUT2D eigenvalue weighted by atomic mass is 32.2. The molecule has 0 aliphatic carbocycles. The number of ether oxygens (including phenoxy) is 1. The van der Waals surface area contributed by atoms with Gasteiger partial charge in [0.2, 0.25) is 0 Å². The van der Waals surface area contributed by atoms with Crippen LogP contribution in [0.2, 0.25) is 0 Å². The molecule has 4 N–H and O–H groups in total. The van der Waals surface area contributed by atoms with Crippen LogP contribution in [-0.2, 0) is 21.3 Å². The summed E-state index contributed by atoms with van der Waals surface area (Å²) in [6.07, 6.45) is 2.37. The van der Waals surface area contributed by atoms with E-state index in [1.54, 1.807) is 0 Å². The third-order valence-electron chi connectivity index (χ3n) is 2.54. The molecule has 1 heterocycles. The van der Waals surface area contributed by atoms with E-state index in [4.69, 9.17) is 10.5 Å². The normalized spacial score (nSPS) is 12.2. The molecule has 1 aromatic rings. The number of aromatic nitrogens is 2. The Labute approximate surface area is 114 Å². The smallest absolute Gasteiger partial charge is 0.257 e. The quantitative estimate of drug-likeness (QED) is 0.563. The molecule has 0 saturated carbocycles. The van der Waals surface area contributed by atoms with Gasteiger partial charge in [-0.05, 0) is 12.3 Å². The number of hydrogen-bond acceptors (Lipinski definition) is 5. The molecule has 0 amide bonds. The lowest BCUT2D eigenvalue weighted by atomic mass is 10.1. The Kier molecular flexibility index (Phi) is 6.43. The van der Waals surface area contributed by atoms with Crippen molar-refractivity contribution in [1.29, 1.82) is 0 Å². The SMILES string of the molecule is CC(C)CCOCCNS(=O)(=O)c1[nH]ncc1CN. The van der Waals surface area contributed by atoms with Crippen molar-refractivity contribution in [3.63, 3.8) is 0 Å². The second-order valence-electron chi connectivity index (χ2n) is 4.62. The fourth-order valence-electron chi connectivity index (χ4n) is 1.42. The van der Waals surface area contributed by atoms with Crippen LogP contribution >= 0.6 is 0 Å². The first-order chi connectivity index (χ1) is 8.97. The van der Waals surface area contributed by atoms with Crippen LogP contribution in [0.3, 0.4) is 0 Å². The van der Waals surface area contributed by atoms with Gasteiger partial charge in [0, 0.05) is 25.3 Å². The fourth-order valence-corrected chi connectivity index (χ4v) is 2.57. The van der Waals surface area contributed by atoms with Crippen LogP contribution in [0.1, 0.15) is 25.8 Å². The summed E-state index contributed by atoms with van der Waals surface area (Å²) in [5, 5.41) is 6.15. The second kappa shape index (κ2) is 7.59. The maximum atomic E-state index is 11.9. The highest BCUT2D eigenvalue weighted by Gasteiger charge is 2.19. The number of rotatable bonds is 9. The highest BCUT2D eigenvalue weighted by Crippen LogP contribution is 2.10. The van der Waals surface area contributed by atoms with E-state index in [9.17, 15) is 8.42 Å². The van der Waals surface area contributed by atoms with E-state index >= 15 is 0 Å². The Morgan fingerprint density at radius 2 is 2.21 bits per heavy atom. The minimum Gasteiger partial charge on any atom is -0.380 e. The molecule has 0 saturated heterocycles. The van der Waals surface area contributed by atoms with Crippen molar-refractivity contribution in [3.8, 4) is 0 Å². The van der Waals surface area contributed by atoms with Crippen molar-refractivity contribution in [3.05, 3.63) is 11.8 Å².